The van der Waals surface area contributed by atoms with Crippen molar-refractivity contribution in [2.45, 2.75) is 13.3 Å². The van der Waals surface area contributed by atoms with Crippen LogP contribution >= 0.6 is 11.3 Å². The van der Waals surface area contributed by atoms with Crippen LogP contribution in [-0.2, 0) is 6.42 Å². The fourth-order valence-corrected chi connectivity index (χ4v) is 2.64. The van der Waals surface area contributed by atoms with Crippen LogP contribution in [0.1, 0.15) is 10.6 Å². The summed E-state index contributed by atoms with van der Waals surface area (Å²) in [4.78, 5) is 5.54. The van der Waals surface area contributed by atoms with Crippen LogP contribution < -0.4 is 10.5 Å². The highest BCUT2D eigenvalue weighted by molar-refractivity contribution is 7.15. The molecule has 1 aromatic carbocycles. The van der Waals surface area contributed by atoms with Crippen LogP contribution in [-0.4, -0.2) is 18.6 Å². The highest BCUT2D eigenvalue weighted by atomic mass is 32.1. The van der Waals surface area contributed by atoms with Crippen molar-refractivity contribution in [2.75, 3.05) is 13.7 Å². The minimum Gasteiger partial charge on any atom is -0.496 e. The zero-order valence-electron chi connectivity index (χ0n) is 10.1. The normalized spacial score (nSPS) is 10.5. The number of hydrogen-bond donors (Lipinski definition) is 1. The number of aryl methyl sites for hydroxylation is 1. The van der Waals surface area contributed by atoms with Gasteiger partial charge in [0, 0.05) is 12.6 Å². The summed E-state index contributed by atoms with van der Waals surface area (Å²) in [6.07, 6.45) is 2.76. The van der Waals surface area contributed by atoms with Gasteiger partial charge in [0.05, 0.1) is 17.0 Å². The van der Waals surface area contributed by atoms with Crippen LogP contribution in [0.25, 0.3) is 10.4 Å². The molecule has 0 spiro atoms. The van der Waals surface area contributed by atoms with Gasteiger partial charge in [0.15, 0.2) is 0 Å². The fraction of sp³-hybridized carbons (Fsp3) is 0.308. The third-order valence-electron chi connectivity index (χ3n) is 2.59. The summed E-state index contributed by atoms with van der Waals surface area (Å²) in [5.74, 6) is 0.917. The Balaban J connectivity index is 2.29. The van der Waals surface area contributed by atoms with E-state index in [2.05, 4.69) is 17.1 Å². The average molecular weight is 248 g/mol. The van der Waals surface area contributed by atoms with Gasteiger partial charge in [0.1, 0.15) is 5.75 Å². The van der Waals surface area contributed by atoms with E-state index < -0.39 is 0 Å². The SMILES string of the molecule is COc1ccc(-c2cnc(CCN)s2)cc1C. The van der Waals surface area contributed by atoms with Crippen LogP contribution in [0.2, 0.25) is 0 Å². The molecule has 0 fully saturated rings. The molecule has 0 atom stereocenters. The Morgan fingerprint density at radius 3 is 2.88 bits per heavy atom. The van der Waals surface area contributed by atoms with Gasteiger partial charge in [-0.2, -0.15) is 0 Å². The molecular weight excluding hydrogens is 232 g/mol. The summed E-state index contributed by atoms with van der Waals surface area (Å²) in [5, 5.41) is 1.09. The van der Waals surface area contributed by atoms with Crippen molar-refractivity contribution in [2.24, 2.45) is 5.73 Å². The lowest BCUT2D eigenvalue weighted by Crippen LogP contribution is -2.01. The molecule has 0 unspecified atom stereocenters. The van der Waals surface area contributed by atoms with E-state index >= 15 is 0 Å². The van der Waals surface area contributed by atoms with Crippen molar-refractivity contribution in [1.82, 2.24) is 4.98 Å². The average Bonchev–Trinajstić information content (AvgIpc) is 2.78. The van der Waals surface area contributed by atoms with Crippen molar-refractivity contribution in [3.05, 3.63) is 35.0 Å². The first-order valence-electron chi connectivity index (χ1n) is 5.54. The molecule has 0 aliphatic heterocycles. The lowest BCUT2D eigenvalue weighted by atomic mass is 10.1. The molecule has 1 aromatic heterocycles. The molecule has 4 heteroatoms. The molecule has 2 rings (SSSR count). The lowest BCUT2D eigenvalue weighted by Gasteiger charge is -2.05. The third-order valence-corrected chi connectivity index (χ3v) is 3.70. The van der Waals surface area contributed by atoms with Gasteiger partial charge in [-0.3, -0.25) is 0 Å². The number of benzene rings is 1. The Bertz CT molecular complexity index is 508. The van der Waals surface area contributed by atoms with Gasteiger partial charge in [0.25, 0.3) is 0 Å². The van der Waals surface area contributed by atoms with Crippen molar-refractivity contribution in [3.8, 4) is 16.2 Å². The van der Waals surface area contributed by atoms with E-state index in [1.54, 1.807) is 18.4 Å². The van der Waals surface area contributed by atoms with E-state index in [9.17, 15) is 0 Å². The van der Waals surface area contributed by atoms with Crippen molar-refractivity contribution in [1.29, 1.82) is 0 Å². The van der Waals surface area contributed by atoms with E-state index in [4.69, 9.17) is 10.5 Å². The minimum atomic E-state index is 0.647. The molecule has 0 aliphatic rings. The van der Waals surface area contributed by atoms with Gasteiger partial charge >= 0.3 is 0 Å². The van der Waals surface area contributed by atoms with Crippen LogP contribution in [0, 0.1) is 6.92 Å². The number of rotatable bonds is 4. The highest BCUT2D eigenvalue weighted by Crippen LogP contribution is 2.29. The molecular formula is C13H16N2OS. The smallest absolute Gasteiger partial charge is 0.121 e. The number of aromatic nitrogens is 1. The molecule has 0 bridgehead atoms. The maximum absolute atomic E-state index is 5.52. The van der Waals surface area contributed by atoms with Crippen LogP contribution in [0.4, 0.5) is 0 Å². The van der Waals surface area contributed by atoms with Gasteiger partial charge in [-0.1, -0.05) is 0 Å². The van der Waals surface area contributed by atoms with Gasteiger partial charge in [-0.15, -0.1) is 11.3 Å². The second-order valence-electron chi connectivity index (χ2n) is 3.84. The van der Waals surface area contributed by atoms with Crippen LogP contribution in [0.5, 0.6) is 5.75 Å². The number of nitrogens with zero attached hydrogens (tertiary/aromatic N) is 1. The summed E-state index contributed by atoms with van der Waals surface area (Å²) >= 11 is 1.70. The maximum atomic E-state index is 5.52. The predicted molar refractivity (Wildman–Crippen MR) is 71.6 cm³/mol. The summed E-state index contributed by atoms with van der Waals surface area (Å²) in [7, 11) is 1.69. The Morgan fingerprint density at radius 1 is 1.41 bits per heavy atom. The number of ether oxygens (including phenoxy) is 1. The summed E-state index contributed by atoms with van der Waals surface area (Å²) in [5.41, 5.74) is 7.84. The minimum absolute atomic E-state index is 0.647. The number of hydrogen-bond acceptors (Lipinski definition) is 4. The van der Waals surface area contributed by atoms with Gasteiger partial charge in [-0.25, -0.2) is 4.98 Å². The largest absolute Gasteiger partial charge is 0.496 e. The van der Waals surface area contributed by atoms with E-state index in [1.807, 2.05) is 19.2 Å². The summed E-state index contributed by atoms with van der Waals surface area (Å²) < 4.78 is 5.25. The second kappa shape index (κ2) is 5.29. The fourth-order valence-electron chi connectivity index (χ4n) is 1.71. The zero-order valence-corrected chi connectivity index (χ0v) is 10.9. The first kappa shape index (κ1) is 12.1. The number of thiazole rings is 1. The Labute approximate surface area is 105 Å². The van der Waals surface area contributed by atoms with E-state index in [-0.39, 0.29) is 0 Å². The molecule has 1 heterocycles. The summed E-state index contributed by atoms with van der Waals surface area (Å²) in [6.45, 7) is 2.69. The molecule has 17 heavy (non-hydrogen) atoms. The van der Waals surface area contributed by atoms with Gasteiger partial charge < -0.3 is 10.5 Å². The third kappa shape index (κ3) is 2.65. The van der Waals surface area contributed by atoms with Crippen LogP contribution in [0.15, 0.2) is 24.4 Å². The van der Waals surface area contributed by atoms with E-state index in [1.165, 1.54) is 10.4 Å². The molecule has 2 N–H and O–H groups in total. The highest BCUT2D eigenvalue weighted by Gasteiger charge is 2.06. The second-order valence-corrected chi connectivity index (χ2v) is 4.96. The van der Waals surface area contributed by atoms with Gasteiger partial charge in [-0.05, 0) is 42.8 Å². The van der Waals surface area contributed by atoms with E-state index in [0.717, 1.165) is 22.7 Å². The first-order valence-corrected chi connectivity index (χ1v) is 6.36. The summed E-state index contributed by atoms with van der Waals surface area (Å²) in [6, 6.07) is 6.18. The van der Waals surface area contributed by atoms with Crippen molar-refractivity contribution in [3.63, 3.8) is 0 Å². The predicted octanol–water partition coefficient (Wildman–Crippen LogP) is 2.63. The molecule has 0 saturated carbocycles. The molecule has 2 aromatic rings. The Morgan fingerprint density at radius 2 is 2.24 bits per heavy atom. The topological polar surface area (TPSA) is 48.1 Å². The van der Waals surface area contributed by atoms with Gasteiger partial charge in [0.2, 0.25) is 0 Å². The Kier molecular flexibility index (Phi) is 3.76. The van der Waals surface area contributed by atoms with Crippen LogP contribution in [0.3, 0.4) is 0 Å². The van der Waals surface area contributed by atoms with Crippen molar-refractivity contribution >= 4 is 11.3 Å². The molecule has 90 valence electrons. The quantitative estimate of drug-likeness (QED) is 0.904. The molecule has 3 nitrogen and oxygen atoms in total. The first-order chi connectivity index (χ1) is 8.24. The number of methoxy groups -OCH3 is 1. The standard InChI is InChI=1S/C13H16N2OS/c1-9-7-10(3-4-11(9)16-2)12-8-15-13(17-12)5-6-14/h3-4,7-8H,5-6,14H2,1-2H3. The molecule has 0 aliphatic carbocycles. The molecule has 0 saturated heterocycles. The lowest BCUT2D eigenvalue weighted by molar-refractivity contribution is 0.412. The monoisotopic (exact) mass is 248 g/mol. The molecule has 0 amide bonds. The Hall–Kier alpha value is -1.39. The molecule has 0 radical (unpaired) electrons. The van der Waals surface area contributed by atoms with Crippen molar-refractivity contribution < 1.29 is 4.74 Å². The number of nitrogens with two attached hydrogens (primary N) is 1. The zero-order chi connectivity index (χ0) is 12.3. The maximum Gasteiger partial charge on any atom is 0.121 e. The van der Waals surface area contributed by atoms with E-state index in [0.29, 0.717) is 6.54 Å².